The topological polar surface area (TPSA) is 79.7 Å². The zero-order valence-corrected chi connectivity index (χ0v) is 22.3. The molecule has 2 N–H and O–H groups in total. The third-order valence-electron chi connectivity index (χ3n) is 6.38. The van der Waals surface area contributed by atoms with E-state index in [4.69, 9.17) is 4.74 Å². The van der Waals surface area contributed by atoms with Crippen molar-refractivity contribution in [2.45, 2.75) is 31.2 Å². The predicted molar refractivity (Wildman–Crippen MR) is 150 cm³/mol. The number of hydrogen-bond donors (Lipinski definition) is 2. The van der Waals surface area contributed by atoms with Crippen molar-refractivity contribution in [1.82, 2.24) is 5.43 Å². The van der Waals surface area contributed by atoms with Crippen molar-refractivity contribution in [3.63, 3.8) is 0 Å². The van der Waals surface area contributed by atoms with Gasteiger partial charge in [0, 0.05) is 39.0 Å². The molecule has 7 nitrogen and oxygen atoms in total. The van der Waals surface area contributed by atoms with Crippen LogP contribution in [0.25, 0.3) is 6.08 Å². The molecule has 3 aromatic carbocycles. The number of rotatable bonds is 10. The van der Waals surface area contributed by atoms with Crippen molar-refractivity contribution in [3.8, 4) is 0 Å². The van der Waals surface area contributed by atoms with E-state index in [1.807, 2.05) is 78.8 Å². The normalized spacial score (nSPS) is 17.4. The van der Waals surface area contributed by atoms with E-state index in [1.165, 1.54) is 0 Å². The number of fused-ring (bicyclic) bond motifs is 1. The number of anilines is 2. The molecule has 1 aliphatic heterocycles. The summed E-state index contributed by atoms with van der Waals surface area (Å²) in [6, 6.07) is 24.0. The molecule has 0 fully saturated rings. The molecule has 0 saturated heterocycles. The molecule has 0 aliphatic carbocycles. The fourth-order valence-electron chi connectivity index (χ4n) is 4.39. The highest BCUT2D eigenvalue weighted by Gasteiger charge is 2.45. The highest BCUT2D eigenvalue weighted by molar-refractivity contribution is 6.76. The molecule has 1 heterocycles. The molecule has 0 amide bonds. The minimum absolute atomic E-state index is 0.0628. The summed E-state index contributed by atoms with van der Waals surface area (Å²) in [5.41, 5.74) is 7.09. The van der Waals surface area contributed by atoms with Crippen molar-refractivity contribution < 1.29 is 9.66 Å². The highest BCUT2D eigenvalue weighted by Crippen LogP contribution is 2.46. The summed E-state index contributed by atoms with van der Waals surface area (Å²) in [5.74, 6) is 0. The van der Waals surface area contributed by atoms with Gasteiger partial charge in [0.2, 0.25) is 0 Å². The van der Waals surface area contributed by atoms with E-state index in [0.29, 0.717) is 18.9 Å². The fourth-order valence-corrected chi connectivity index (χ4v) is 5.14. The van der Waals surface area contributed by atoms with Crippen molar-refractivity contribution in [3.05, 3.63) is 106 Å². The summed E-state index contributed by atoms with van der Waals surface area (Å²) < 4.78 is 6.11. The first-order chi connectivity index (χ1) is 17.2. The second-order valence-corrected chi connectivity index (χ2v) is 15.8. The van der Waals surface area contributed by atoms with E-state index in [9.17, 15) is 10.1 Å². The van der Waals surface area contributed by atoms with Gasteiger partial charge in [-0.05, 0) is 29.8 Å². The molecule has 4 rings (SSSR count). The van der Waals surface area contributed by atoms with Gasteiger partial charge in [0.25, 0.3) is 5.69 Å². The average Bonchev–Trinajstić information content (AvgIpc) is 3.19. The van der Waals surface area contributed by atoms with Gasteiger partial charge in [0.1, 0.15) is 12.3 Å². The number of ether oxygens (including phenoxy) is 1. The van der Waals surface area contributed by atoms with Crippen LogP contribution in [0.1, 0.15) is 16.7 Å². The molecule has 1 aliphatic rings. The lowest BCUT2D eigenvalue weighted by Gasteiger charge is -2.29. The first-order valence-corrected chi connectivity index (χ1v) is 15.9. The van der Waals surface area contributed by atoms with Crippen LogP contribution in [0.2, 0.25) is 25.7 Å². The first-order valence-electron chi connectivity index (χ1n) is 12.2. The first kappa shape index (κ1) is 25.6. The maximum absolute atomic E-state index is 12.1. The largest absolute Gasteiger partial charge is 0.388 e. The smallest absolute Gasteiger partial charge is 0.275 e. The maximum Gasteiger partial charge on any atom is 0.275 e. The average molecular weight is 503 g/mol. The monoisotopic (exact) mass is 502 g/mol. The fraction of sp³-hybridized carbons (Fsp3) is 0.286. The van der Waals surface area contributed by atoms with Gasteiger partial charge in [0.05, 0.1) is 16.2 Å². The van der Waals surface area contributed by atoms with Crippen molar-refractivity contribution >= 4 is 31.2 Å². The van der Waals surface area contributed by atoms with Crippen LogP contribution in [0.15, 0.2) is 78.9 Å². The minimum atomic E-state index is -1.23. The van der Waals surface area contributed by atoms with E-state index in [-0.39, 0.29) is 10.6 Å². The standard InChI is InChI=1S/C28H34N4O3Si/c1-29-23-14-15-25-27(20-23)31(21-35-18-19-36(2,3)4)30-28(25,17-16-22-10-6-5-7-11-22)24-12-8-9-13-26(24)32(33)34/h5-17,20,29-30H,18-19,21H2,1-4H3. The molecule has 0 radical (unpaired) electrons. The Bertz CT molecular complexity index is 1240. The van der Waals surface area contributed by atoms with Gasteiger partial charge >= 0.3 is 0 Å². The quantitative estimate of drug-likeness (QED) is 0.148. The summed E-state index contributed by atoms with van der Waals surface area (Å²) in [6.45, 7) is 7.98. The Hall–Kier alpha value is -3.46. The Kier molecular flexibility index (Phi) is 7.58. The third-order valence-corrected chi connectivity index (χ3v) is 8.09. The van der Waals surface area contributed by atoms with Gasteiger partial charge in [-0.1, -0.05) is 80.3 Å². The van der Waals surface area contributed by atoms with Crippen LogP contribution in [-0.4, -0.2) is 33.4 Å². The second-order valence-electron chi connectivity index (χ2n) is 10.2. The van der Waals surface area contributed by atoms with Crippen molar-refractivity contribution in [2.75, 3.05) is 30.7 Å². The summed E-state index contributed by atoms with van der Waals surface area (Å²) in [5, 5.41) is 17.3. The Morgan fingerprint density at radius 3 is 2.47 bits per heavy atom. The number of hydrogen-bond acceptors (Lipinski definition) is 6. The van der Waals surface area contributed by atoms with Crippen LogP contribution in [0.4, 0.5) is 17.1 Å². The molecule has 1 atom stereocenters. The van der Waals surface area contributed by atoms with Crippen LogP contribution in [0.5, 0.6) is 0 Å². The van der Waals surface area contributed by atoms with Gasteiger partial charge in [-0.15, -0.1) is 0 Å². The van der Waals surface area contributed by atoms with E-state index in [2.05, 4.69) is 36.4 Å². The molecule has 36 heavy (non-hydrogen) atoms. The zero-order chi connectivity index (χ0) is 25.8. The number of nitro groups is 1. The minimum Gasteiger partial charge on any atom is -0.388 e. The summed E-state index contributed by atoms with van der Waals surface area (Å²) in [7, 11) is 0.647. The second kappa shape index (κ2) is 10.7. The molecule has 1 unspecified atom stereocenters. The van der Waals surface area contributed by atoms with Crippen LogP contribution in [0.3, 0.4) is 0 Å². The molecular formula is C28H34N4O3Si. The number of hydrazine groups is 1. The third kappa shape index (κ3) is 5.51. The Morgan fingerprint density at radius 2 is 1.78 bits per heavy atom. The molecule has 188 valence electrons. The molecule has 8 heteroatoms. The maximum atomic E-state index is 12.1. The lowest BCUT2D eigenvalue weighted by molar-refractivity contribution is -0.385. The van der Waals surface area contributed by atoms with E-state index in [0.717, 1.165) is 28.5 Å². The molecule has 0 aromatic heterocycles. The Balaban J connectivity index is 1.82. The predicted octanol–water partition coefficient (Wildman–Crippen LogP) is 6.23. The van der Waals surface area contributed by atoms with Gasteiger partial charge in [0.15, 0.2) is 0 Å². The molecule has 0 bridgehead atoms. The number of nitrogens with one attached hydrogen (secondary N) is 2. The van der Waals surface area contributed by atoms with Crippen LogP contribution < -0.4 is 15.8 Å². The number of nitrogens with zero attached hydrogens (tertiary/aromatic N) is 2. The van der Waals surface area contributed by atoms with Crippen LogP contribution in [0, 0.1) is 10.1 Å². The Morgan fingerprint density at radius 1 is 1.06 bits per heavy atom. The molecule has 0 saturated carbocycles. The van der Waals surface area contributed by atoms with E-state index >= 15 is 0 Å². The molecular weight excluding hydrogens is 468 g/mol. The van der Waals surface area contributed by atoms with Crippen LogP contribution >= 0.6 is 0 Å². The summed E-state index contributed by atoms with van der Waals surface area (Å²) in [6.07, 6.45) is 4.03. The summed E-state index contributed by atoms with van der Waals surface area (Å²) in [4.78, 5) is 11.8. The summed E-state index contributed by atoms with van der Waals surface area (Å²) >= 11 is 0. The van der Waals surface area contributed by atoms with E-state index in [1.54, 1.807) is 12.1 Å². The number of benzene rings is 3. The lowest BCUT2D eigenvalue weighted by atomic mass is 9.82. The molecule has 3 aromatic rings. The molecule has 0 spiro atoms. The van der Waals surface area contributed by atoms with Gasteiger partial charge in [-0.3, -0.25) is 15.1 Å². The number of nitro benzene ring substituents is 1. The SMILES string of the molecule is CNc1ccc2c(c1)N(COCC[Si](C)(C)C)NC2(C=Cc1ccccc1)c1ccccc1[N+](=O)[O-]. The van der Waals surface area contributed by atoms with E-state index < -0.39 is 13.6 Å². The van der Waals surface area contributed by atoms with Gasteiger partial charge in [-0.2, -0.15) is 0 Å². The number of para-hydroxylation sites is 1. The zero-order valence-electron chi connectivity index (χ0n) is 21.3. The van der Waals surface area contributed by atoms with Crippen molar-refractivity contribution in [2.24, 2.45) is 0 Å². The van der Waals surface area contributed by atoms with Gasteiger partial charge < -0.3 is 10.1 Å². The van der Waals surface area contributed by atoms with Crippen LogP contribution in [-0.2, 0) is 10.3 Å². The highest BCUT2D eigenvalue weighted by atomic mass is 28.3. The van der Waals surface area contributed by atoms with Gasteiger partial charge in [-0.25, -0.2) is 5.43 Å². The van der Waals surface area contributed by atoms with Crippen molar-refractivity contribution in [1.29, 1.82) is 0 Å². The lowest BCUT2D eigenvalue weighted by Crippen LogP contribution is -2.47. The Labute approximate surface area is 213 Å².